The highest BCUT2D eigenvalue weighted by atomic mass is 32.2. The third-order valence-corrected chi connectivity index (χ3v) is 7.20. The average Bonchev–Trinajstić information content (AvgIpc) is 3.49. The molecule has 0 aliphatic rings. The minimum Gasteiger partial charge on any atom is -0.461 e. The van der Waals surface area contributed by atoms with Crippen LogP contribution in [0.2, 0.25) is 0 Å². The number of nitrogens with zero attached hydrogens (tertiary/aromatic N) is 5. The molecule has 0 aliphatic heterocycles. The first-order valence-electron chi connectivity index (χ1n) is 10.3. The summed E-state index contributed by atoms with van der Waals surface area (Å²) in [6.45, 7) is 4.33. The molecule has 0 saturated heterocycles. The Balaban J connectivity index is 1.63. The Morgan fingerprint density at radius 3 is 2.63 bits per heavy atom. The lowest BCUT2D eigenvalue weighted by molar-refractivity contribution is -0.384. The summed E-state index contributed by atoms with van der Waals surface area (Å²) in [5.41, 5.74) is 1.09. The molecule has 35 heavy (non-hydrogen) atoms. The summed E-state index contributed by atoms with van der Waals surface area (Å²) in [5.74, 6) is 1.10. The fraction of sp³-hybridized carbons (Fsp3) is 0.136. The van der Waals surface area contributed by atoms with Gasteiger partial charge in [-0.15, -0.1) is 10.2 Å². The van der Waals surface area contributed by atoms with Gasteiger partial charge in [-0.05, 0) is 55.9 Å². The molecule has 0 amide bonds. The molecule has 180 valence electrons. The molecular formula is C22H20N6O5S2. The van der Waals surface area contributed by atoms with Crippen molar-refractivity contribution in [2.75, 3.05) is 0 Å². The van der Waals surface area contributed by atoms with E-state index in [-0.39, 0.29) is 10.6 Å². The average molecular weight is 513 g/mol. The summed E-state index contributed by atoms with van der Waals surface area (Å²) < 4.78 is 32.3. The van der Waals surface area contributed by atoms with E-state index in [9.17, 15) is 18.5 Å². The number of sulfonamides is 1. The molecule has 0 unspecified atom stereocenters. The number of hydrazone groups is 1. The van der Waals surface area contributed by atoms with E-state index in [4.69, 9.17) is 4.42 Å². The summed E-state index contributed by atoms with van der Waals surface area (Å²) in [7, 11) is -3.90. The van der Waals surface area contributed by atoms with Crippen molar-refractivity contribution in [1.29, 1.82) is 0 Å². The molecule has 4 aromatic rings. The number of aryl methyl sites for hydroxylation is 1. The first-order valence-corrected chi connectivity index (χ1v) is 12.6. The maximum absolute atomic E-state index is 12.5. The number of furan rings is 1. The second-order valence-corrected chi connectivity index (χ2v) is 9.94. The fourth-order valence-electron chi connectivity index (χ4n) is 3.11. The fourth-order valence-corrected chi connectivity index (χ4v) is 4.88. The molecule has 0 fully saturated rings. The number of aromatic nitrogens is 3. The minimum absolute atomic E-state index is 0.0513. The molecule has 2 aromatic carbocycles. The van der Waals surface area contributed by atoms with Crippen molar-refractivity contribution in [1.82, 2.24) is 19.6 Å². The quantitative estimate of drug-likeness (QED) is 0.199. The van der Waals surface area contributed by atoms with Crippen molar-refractivity contribution in [3.63, 3.8) is 0 Å². The normalized spacial score (nSPS) is 11.7. The van der Waals surface area contributed by atoms with E-state index in [1.807, 2.05) is 18.4 Å². The zero-order valence-electron chi connectivity index (χ0n) is 18.7. The Morgan fingerprint density at radius 2 is 1.97 bits per heavy atom. The van der Waals surface area contributed by atoms with Gasteiger partial charge < -0.3 is 4.42 Å². The maximum Gasteiger partial charge on any atom is 0.276 e. The van der Waals surface area contributed by atoms with Gasteiger partial charge >= 0.3 is 0 Å². The Bertz CT molecular complexity index is 1480. The summed E-state index contributed by atoms with van der Waals surface area (Å²) in [6, 6.07) is 14.0. The van der Waals surface area contributed by atoms with Gasteiger partial charge in [-0.3, -0.25) is 14.7 Å². The first kappa shape index (κ1) is 24.2. The molecule has 0 atom stereocenters. The van der Waals surface area contributed by atoms with E-state index < -0.39 is 14.9 Å². The van der Waals surface area contributed by atoms with Crippen molar-refractivity contribution in [3.05, 3.63) is 82.1 Å². The number of nitro benzene ring substituents is 1. The Kier molecular flexibility index (Phi) is 6.98. The standard InChI is InChI=1S/C22H20N6O5S2/c1-3-27-21(19-5-4-12-33-19)24-25-22(27)34-20-11-8-17(28(29)30)13-16(20)14-23-26-35(31,32)18-9-6-15(2)7-10-18/h4-14,26H,3H2,1-2H3/b23-14-. The van der Waals surface area contributed by atoms with Crippen molar-refractivity contribution >= 4 is 33.7 Å². The number of hydrogen-bond donors (Lipinski definition) is 1. The number of rotatable bonds is 9. The van der Waals surface area contributed by atoms with Crippen LogP contribution in [0.1, 0.15) is 18.1 Å². The highest BCUT2D eigenvalue weighted by molar-refractivity contribution is 7.99. The molecule has 1 N–H and O–H groups in total. The van der Waals surface area contributed by atoms with Gasteiger partial charge in [-0.2, -0.15) is 13.5 Å². The van der Waals surface area contributed by atoms with Crippen LogP contribution in [0.4, 0.5) is 5.69 Å². The van der Waals surface area contributed by atoms with Gasteiger partial charge in [-0.1, -0.05) is 17.7 Å². The number of benzene rings is 2. The third-order valence-electron chi connectivity index (χ3n) is 4.89. The van der Waals surface area contributed by atoms with Crippen molar-refractivity contribution in [2.24, 2.45) is 5.10 Å². The number of non-ortho nitro benzene ring substituents is 1. The molecule has 13 heteroatoms. The van der Waals surface area contributed by atoms with Gasteiger partial charge in [-0.25, -0.2) is 4.83 Å². The number of hydrogen-bond acceptors (Lipinski definition) is 9. The van der Waals surface area contributed by atoms with Crippen molar-refractivity contribution < 1.29 is 17.8 Å². The lowest BCUT2D eigenvalue weighted by atomic mass is 10.2. The smallest absolute Gasteiger partial charge is 0.276 e. The van der Waals surface area contributed by atoms with Crippen LogP contribution in [0.3, 0.4) is 0 Å². The van der Waals surface area contributed by atoms with Crippen LogP contribution >= 0.6 is 11.8 Å². The van der Waals surface area contributed by atoms with E-state index in [2.05, 4.69) is 20.1 Å². The molecule has 2 heterocycles. The maximum atomic E-state index is 12.5. The van der Waals surface area contributed by atoms with Crippen LogP contribution < -0.4 is 4.83 Å². The van der Waals surface area contributed by atoms with Gasteiger partial charge in [0.15, 0.2) is 16.7 Å². The van der Waals surface area contributed by atoms with Crippen LogP contribution in [0.25, 0.3) is 11.6 Å². The van der Waals surface area contributed by atoms with Gasteiger partial charge in [0.25, 0.3) is 15.7 Å². The van der Waals surface area contributed by atoms with E-state index in [0.717, 1.165) is 5.56 Å². The zero-order valence-corrected chi connectivity index (χ0v) is 20.3. The Labute approximate surface area is 205 Å². The van der Waals surface area contributed by atoms with Crippen LogP contribution in [-0.4, -0.2) is 34.3 Å². The molecule has 0 bridgehead atoms. The monoisotopic (exact) mass is 512 g/mol. The molecule has 2 aromatic heterocycles. The summed E-state index contributed by atoms with van der Waals surface area (Å²) in [4.78, 5) is 13.5. The van der Waals surface area contributed by atoms with Crippen LogP contribution in [0, 0.1) is 17.0 Å². The third kappa shape index (κ3) is 5.41. The second-order valence-electron chi connectivity index (χ2n) is 7.28. The SMILES string of the molecule is CCn1c(Sc2ccc([N+](=O)[O-])cc2/C=N\NS(=O)(=O)c2ccc(C)cc2)nnc1-c1ccco1. The highest BCUT2D eigenvalue weighted by Gasteiger charge is 2.18. The van der Waals surface area contributed by atoms with E-state index >= 15 is 0 Å². The van der Waals surface area contributed by atoms with Gasteiger partial charge in [0.2, 0.25) is 0 Å². The van der Waals surface area contributed by atoms with E-state index in [1.54, 1.807) is 36.6 Å². The highest BCUT2D eigenvalue weighted by Crippen LogP contribution is 2.33. The first-order chi connectivity index (χ1) is 16.8. The van der Waals surface area contributed by atoms with Gasteiger partial charge in [0.05, 0.1) is 22.3 Å². The van der Waals surface area contributed by atoms with Gasteiger partial charge in [0.1, 0.15) is 0 Å². The molecular weight excluding hydrogens is 492 g/mol. The summed E-state index contributed by atoms with van der Waals surface area (Å²) >= 11 is 1.22. The lowest BCUT2D eigenvalue weighted by Gasteiger charge is -2.08. The van der Waals surface area contributed by atoms with Crippen molar-refractivity contribution in [3.8, 4) is 11.6 Å². The van der Waals surface area contributed by atoms with E-state index in [1.165, 1.54) is 42.2 Å². The molecule has 4 rings (SSSR count). The molecule has 11 nitrogen and oxygen atoms in total. The van der Waals surface area contributed by atoms with Crippen LogP contribution in [-0.2, 0) is 16.6 Å². The van der Waals surface area contributed by atoms with E-state index in [0.29, 0.717) is 33.7 Å². The summed E-state index contributed by atoms with van der Waals surface area (Å²) in [5, 5.41) is 24.1. The Morgan fingerprint density at radius 1 is 1.20 bits per heavy atom. The minimum atomic E-state index is -3.90. The summed E-state index contributed by atoms with van der Waals surface area (Å²) in [6.07, 6.45) is 2.76. The van der Waals surface area contributed by atoms with Crippen LogP contribution in [0.5, 0.6) is 0 Å². The largest absolute Gasteiger partial charge is 0.461 e. The van der Waals surface area contributed by atoms with Crippen molar-refractivity contribution in [2.45, 2.75) is 35.3 Å². The zero-order chi connectivity index (χ0) is 25.0. The Hall–Kier alpha value is -3.97. The van der Waals surface area contributed by atoms with Gasteiger partial charge in [0, 0.05) is 29.1 Å². The number of nitrogens with one attached hydrogen (secondary N) is 1. The topological polar surface area (TPSA) is 146 Å². The molecule has 0 saturated carbocycles. The predicted molar refractivity (Wildman–Crippen MR) is 130 cm³/mol. The number of nitro groups is 1. The predicted octanol–water partition coefficient (Wildman–Crippen LogP) is 4.24. The second kappa shape index (κ2) is 10.1. The lowest BCUT2D eigenvalue weighted by Crippen LogP contribution is -2.18. The molecule has 0 spiro atoms. The molecule has 0 radical (unpaired) electrons. The molecule has 0 aliphatic carbocycles. The van der Waals surface area contributed by atoms with Crippen LogP contribution in [0.15, 0.2) is 85.3 Å².